The number of nitrogens with one attached hydrogen (secondary N) is 1. The molecule has 3 heterocycles. The van der Waals surface area contributed by atoms with Crippen molar-refractivity contribution in [2.24, 2.45) is 0 Å². The van der Waals surface area contributed by atoms with Crippen LogP contribution in [0.3, 0.4) is 0 Å². The minimum atomic E-state index is -0.233. The van der Waals surface area contributed by atoms with Crippen LogP contribution in [0.1, 0.15) is 36.6 Å². The van der Waals surface area contributed by atoms with Crippen LogP contribution in [-0.4, -0.2) is 69.7 Å². The van der Waals surface area contributed by atoms with Gasteiger partial charge in [0.1, 0.15) is 22.5 Å². The van der Waals surface area contributed by atoms with Gasteiger partial charge in [-0.2, -0.15) is 10.1 Å². The summed E-state index contributed by atoms with van der Waals surface area (Å²) in [7, 11) is 3.43. The Morgan fingerprint density at radius 2 is 2.03 bits per heavy atom. The number of hydrogen-bond acceptors (Lipinski definition) is 9. The molecule has 0 spiro atoms. The van der Waals surface area contributed by atoms with Crippen molar-refractivity contribution in [2.45, 2.75) is 45.6 Å². The Labute approximate surface area is 193 Å². The van der Waals surface area contributed by atoms with Gasteiger partial charge in [-0.3, -0.25) is 9.58 Å². The highest BCUT2D eigenvalue weighted by Crippen LogP contribution is 2.28. The number of anilines is 2. The zero-order valence-electron chi connectivity index (χ0n) is 19.5. The van der Waals surface area contributed by atoms with Crippen molar-refractivity contribution in [2.75, 3.05) is 44.9 Å². The number of nitrogen functional groups attached to an aromatic ring is 1. The summed E-state index contributed by atoms with van der Waals surface area (Å²) in [6.07, 6.45) is 2.39. The van der Waals surface area contributed by atoms with E-state index in [0.29, 0.717) is 29.7 Å². The van der Waals surface area contributed by atoms with Gasteiger partial charge in [0.2, 0.25) is 5.95 Å². The molecule has 33 heavy (non-hydrogen) atoms. The van der Waals surface area contributed by atoms with Crippen LogP contribution in [0.2, 0.25) is 0 Å². The molecule has 1 aromatic carbocycles. The number of fused-ring (bicyclic) bond motifs is 1. The summed E-state index contributed by atoms with van der Waals surface area (Å²) in [4.78, 5) is 11.1. The number of methoxy groups -OCH3 is 2. The molecule has 4 N–H and O–H groups in total. The molecular weight excluding hydrogens is 422 g/mol. The van der Waals surface area contributed by atoms with E-state index in [1.165, 1.54) is 5.56 Å². The summed E-state index contributed by atoms with van der Waals surface area (Å²) in [6.45, 7) is 5.86. The Bertz CT molecular complexity index is 1100. The minimum absolute atomic E-state index is 0.152. The molecule has 0 radical (unpaired) electrons. The van der Waals surface area contributed by atoms with E-state index in [2.05, 4.69) is 50.4 Å². The molecule has 0 bridgehead atoms. The average Bonchev–Trinajstić information content (AvgIpc) is 3.14. The fraction of sp³-hybridized carbons (Fsp3) is 0.522. The van der Waals surface area contributed by atoms with Crippen molar-refractivity contribution in [3.05, 3.63) is 35.0 Å². The van der Waals surface area contributed by atoms with Gasteiger partial charge in [-0.15, -0.1) is 0 Å². The van der Waals surface area contributed by atoms with Crippen LogP contribution in [0.15, 0.2) is 18.2 Å². The summed E-state index contributed by atoms with van der Waals surface area (Å²) in [5.41, 5.74) is 9.85. The lowest BCUT2D eigenvalue weighted by Gasteiger charge is -2.38. The molecule has 0 unspecified atom stereocenters. The number of unbranched alkanes of at least 4 members (excludes halogenated alkanes) is 1. The van der Waals surface area contributed by atoms with E-state index in [0.717, 1.165) is 55.9 Å². The largest absolute Gasteiger partial charge is 0.496 e. The van der Waals surface area contributed by atoms with Gasteiger partial charge in [0.05, 0.1) is 26.4 Å². The summed E-state index contributed by atoms with van der Waals surface area (Å²) in [6, 6.07) is 6.25. The second-order valence-electron chi connectivity index (χ2n) is 8.37. The molecule has 1 aliphatic heterocycles. The molecule has 1 saturated heterocycles. The third-order valence-electron chi connectivity index (χ3n) is 5.98. The van der Waals surface area contributed by atoms with Gasteiger partial charge >= 0.3 is 0 Å². The monoisotopic (exact) mass is 455 g/mol. The number of aliphatic hydroxyl groups excluding tert-OH is 1. The van der Waals surface area contributed by atoms with Crippen LogP contribution in [0.4, 0.5) is 11.8 Å². The van der Waals surface area contributed by atoms with Gasteiger partial charge in [0.25, 0.3) is 0 Å². The summed E-state index contributed by atoms with van der Waals surface area (Å²) >= 11 is 0. The van der Waals surface area contributed by atoms with Crippen molar-refractivity contribution in [3.63, 3.8) is 0 Å². The lowest BCUT2D eigenvalue weighted by Crippen LogP contribution is -2.50. The number of ether oxygens (including phenoxy) is 2. The Balaban J connectivity index is 1.62. The molecule has 0 aliphatic carbocycles. The number of nitrogens with two attached hydrogens (primary N) is 1. The molecule has 2 aromatic heterocycles. The molecule has 4 rings (SSSR count). The number of aliphatic hydroxyl groups is 1. The van der Waals surface area contributed by atoms with Crippen LogP contribution in [0.5, 0.6) is 5.75 Å². The fourth-order valence-electron chi connectivity index (χ4n) is 4.13. The van der Waals surface area contributed by atoms with Gasteiger partial charge in [0.15, 0.2) is 5.82 Å². The highest BCUT2D eigenvalue weighted by molar-refractivity contribution is 5.88. The molecule has 10 nitrogen and oxygen atoms in total. The third kappa shape index (κ3) is 5.02. The highest BCUT2D eigenvalue weighted by Gasteiger charge is 2.26. The standard InChI is InChI=1S/C23H33N7O3/c1-4-5-8-25-22-21-20(26-23(24)27-22)18(14-31)28-30(21)11-16-7-6-15(9-19(16)33-3)10-29-12-17(13-29)32-2/h6-7,9,17,31H,4-5,8,10-14H2,1-3H3,(H3,24,25,26,27). The minimum Gasteiger partial charge on any atom is -0.496 e. The molecule has 0 saturated carbocycles. The average molecular weight is 456 g/mol. The first-order valence-corrected chi connectivity index (χ1v) is 11.3. The summed E-state index contributed by atoms with van der Waals surface area (Å²) in [5.74, 6) is 1.57. The first kappa shape index (κ1) is 23.2. The Morgan fingerprint density at radius 1 is 1.21 bits per heavy atom. The predicted octanol–water partition coefficient (Wildman–Crippen LogP) is 2.00. The number of rotatable bonds is 11. The topological polar surface area (TPSA) is 124 Å². The van der Waals surface area contributed by atoms with E-state index in [-0.39, 0.29) is 12.6 Å². The van der Waals surface area contributed by atoms with E-state index >= 15 is 0 Å². The predicted molar refractivity (Wildman–Crippen MR) is 127 cm³/mol. The zero-order valence-corrected chi connectivity index (χ0v) is 19.5. The fourth-order valence-corrected chi connectivity index (χ4v) is 4.13. The molecule has 1 fully saturated rings. The third-order valence-corrected chi connectivity index (χ3v) is 5.98. The van der Waals surface area contributed by atoms with E-state index in [9.17, 15) is 5.11 Å². The first-order chi connectivity index (χ1) is 16.1. The van der Waals surface area contributed by atoms with Crippen molar-refractivity contribution in [1.29, 1.82) is 0 Å². The Kier molecular flexibility index (Phi) is 7.26. The van der Waals surface area contributed by atoms with Gasteiger partial charge in [-0.25, -0.2) is 4.98 Å². The SMILES string of the molecule is CCCCNc1nc(N)nc2c(CO)nn(Cc3ccc(CN4CC(OC)C4)cc3OC)c12. The molecule has 1 aliphatic rings. The molecule has 3 aromatic rings. The quantitative estimate of drug-likeness (QED) is 0.372. The van der Waals surface area contributed by atoms with E-state index in [1.54, 1.807) is 14.2 Å². The number of hydrogen-bond donors (Lipinski definition) is 3. The lowest BCUT2D eigenvalue weighted by molar-refractivity contribution is -0.0334. The molecule has 0 amide bonds. The van der Waals surface area contributed by atoms with Crippen LogP contribution in [-0.2, 0) is 24.4 Å². The summed E-state index contributed by atoms with van der Waals surface area (Å²) < 4.78 is 12.9. The molecule has 10 heteroatoms. The van der Waals surface area contributed by atoms with E-state index < -0.39 is 0 Å². The van der Waals surface area contributed by atoms with Crippen molar-refractivity contribution >= 4 is 22.8 Å². The van der Waals surface area contributed by atoms with Gasteiger partial charge in [-0.1, -0.05) is 25.5 Å². The van der Waals surface area contributed by atoms with Crippen LogP contribution in [0.25, 0.3) is 11.0 Å². The number of likely N-dealkylation sites (tertiary alicyclic amines) is 1. The van der Waals surface area contributed by atoms with Crippen LogP contribution in [0, 0.1) is 0 Å². The lowest BCUT2D eigenvalue weighted by atomic mass is 10.1. The second-order valence-corrected chi connectivity index (χ2v) is 8.37. The number of nitrogens with zero attached hydrogens (tertiary/aromatic N) is 5. The Morgan fingerprint density at radius 3 is 2.73 bits per heavy atom. The highest BCUT2D eigenvalue weighted by atomic mass is 16.5. The maximum atomic E-state index is 9.86. The molecule has 178 valence electrons. The molecule has 0 atom stereocenters. The Hall–Kier alpha value is -2.95. The normalized spacial score (nSPS) is 14.5. The number of benzene rings is 1. The van der Waals surface area contributed by atoms with Gasteiger partial charge < -0.3 is 25.6 Å². The van der Waals surface area contributed by atoms with Crippen molar-refractivity contribution in [3.8, 4) is 5.75 Å². The number of aromatic nitrogens is 4. The van der Waals surface area contributed by atoms with Crippen molar-refractivity contribution < 1.29 is 14.6 Å². The molecular formula is C23H33N7O3. The second kappa shape index (κ2) is 10.3. The maximum absolute atomic E-state index is 9.86. The van der Waals surface area contributed by atoms with Crippen LogP contribution >= 0.6 is 0 Å². The smallest absolute Gasteiger partial charge is 0.222 e. The van der Waals surface area contributed by atoms with E-state index in [4.69, 9.17) is 15.2 Å². The van der Waals surface area contributed by atoms with Crippen molar-refractivity contribution in [1.82, 2.24) is 24.6 Å². The van der Waals surface area contributed by atoms with Gasteiger partial charge in [-0.05, 0) is 18.1 Å². The zero-order chi connectivity index (χ0) is 23.4. The summed E-state index contributed by atoms with van der Waals surface area (Å²) in [5, 5.41) is 17.8. The van der Waals surface area contributed by atoms with Crippen LogP contribution < -0.4 is 15.8 Å². The maximum Gasteiger partial charge on any atom is 0.222 e. The van der Waals surface area contributed by atoms with E-state index in [1.807, 2.05) is 4.68 Å². The first-order valence-electron chi connectivity index (χ1n) is 11.3. The van der Waals surface area contributed by atoms with Gasteiger partial charge in [0, 0.05) is 38.9 Å².